The second kappa shape index (κ2) is 7.65. The molecule has 0 spiro atoms. The molecule has 1 atom stereocenters. The van der Waals surface area contributed by atoms with Gasteiger partial charge < -0.3 is 9.64 Å². The molecule has 4 nitrogen and oxygen atoms in total. The fourth-order valence-electron chi connectivity index (χ4n) is 3.67. The molecular formula is C20H24N2O2S. The third kappa shape index (κ3) is 4.09. The molecule has 1 aliphatic carbocycles. The fourth-order valence-corrected chi connectivity index (χ4v) is 4.90. The van der Waals surface area contributed by atoms with Gasteiger partial charge in [0.1, 0.15) is 6.10 Å². The van der Waals surface area contributed by atoms with Crippen LogP contribution in [0.25, 0.3) is 10.9 Å². The number of likely N-dealkylation sites (tertiary alicyclic amines) is 1. The zero-order valence-corrected chi connectivity index (χ0v) is 15.2. The highest BCUT2D eigenvalue weighted by molar-refractivity contribution is 8.00. The lowest BCUT2D eigenvalue weighted by Gasteiger charge is -2.18. The SMILES string of the molecule is O=C(CSC1CCCC1)N1CCC(Oc2ccc3ccccc3n2)C1. The summed E-state index contributed by atoms with van der Waals surface area (Å²) in [4.78, 5) is 18.9. The van der Waals surface area contributed by atoms with Gasteiger partial charge in [-0.25, -0.2) is 4.98 Å². The normalized spacial score (nSPS) is 21.1. The van der Waals surface area contributed by atoms with Crippen LogP contribution in [0.1, 0.15) is 32.1 Å². The van der Waals surface area contributed by atoms with E-state index in [4.69, 9.17) is 4.74 Å². The van der Waals surface area contributed by atoms with Crippen LogP contribution < -0.4 is 4.74 Å². The highest BCUT2D eigenvalue weighted by atomic mass is 32.2. The second-order valence-corrected chi connectivity index (χ2v) is 8.22. The first kappa shape index (κ1) is 16.7. The Labute approximate surface area is 152 Å². The lowest BCUT2D eigenvalue weighted by Crippen LogP contribution is -2.32. The third-order valence-electron chi connectivity index (χ3n) is 5.10. The van der Waals surface area contributed by atoms with Crippen LogP contribution in [0.15, 0.2) is 36.4 Å². The van der Waals surface area contributed by atoms with E-state index in [1.54, 1.807) is 0 Å². The minimum absolute atomic E-state index is 0.0501. The van der Waals surface area contributed by atoms with E-state index in [2.05, 4.69) is 4.98 Å². The molecule has 1 aromatic carbocycles. The molecule has 0 radical (unpaired) electrons. The van der Waals surface area contributed by atoms with Gasteiger partial charge >= 0.3 is 0 Å². The summed E-state index contributed by atoms with van der Waals surface area (Å²) in [6.07, 6.45) is 6.13. The maximum Gasteiger partial charge on any atom is 0.232 e. The van der Waals surface area contributed by atoms with E-state index >= 15 is 0 Å². The molecule has 132 valence electrons. The summed E-state index contributed by atoms with van der Waals surface area (Å²) in [6.45, 7) is 1.47. The number of para-hydroxylation sites is 1. The van der Waals surface area contributed by atoms with Crippen molar-refractivity contribution >= 4 is 28.6 Å². The standard InChI is InChI=1S/C20H24N2O2S/c23-20(14-25-17-6-2-3-7-17)22-12-11-16(13-22)24-19-10-9-15-5-1-4-8-18(15)21-19/h1,4-5,8-10,16-17H,2-3,6-7,11-14H2. The van der Waals surface area contributed by atoms with Crippen LogP contribution in [-0.4, -0.2) is 46.0 Å². The molecule has 5 heteroatoms. The number of aromatic nitrogens is 1. The Morgan fingerprint density at radius 2 is 2.00 bits per heavy atom. The zero-order valence-electron chi connectivity index (χ0n) is 14.4. The first-order chi connectivity index (χ1) is 12.3. The van der Waals surface area contributed by atoms with Crippen LogP contribution in [0.3, 0.4) is 0 Å². The van der Waals surface area contributed by atoms with E-state index < -0.39 is 0 Å². The van der Waals surface area contributed by atoms with Gasteiger partial charge in [-0.2, -0.15) is 0 Å². The quantitative estimate of drug-likeness (QED) is 0.815. The van der Waals surface area contributed by atoms with Crippen molar-refractivity contribution < 1.29 is 9.53 Å². The Morgan fingerprint density at radius 3 is 2.88 bits per heavy atom. The number of hydrogen-bond acceptors (Lipinski definition) is 4. The van der Waals surface area contributed by atoms with Gasteiger partial charge in [-0.3, -0.25) is 4.79 Å². The van der Waals surface area contributed by atoms with Gasteiger partial charge in [0.15, 0.2) is 0 Å². The predicted molar refractivity (Wildman–Crippen MR) is 102 cm³/mol. The summed E-state index contributed by atoms with van der Waals surface area (Å²) >= 11 is 1.84. The highest BCUT2D eigenvalue weighted by Crippen LogP contribution is 2.30. The van der Waals surface area contributed by atoms with Crippen LogP contribution in [0, 0.1) is 0 Å². The largest absolute Gasteiger partial charge is 0.472 e. The van der Waals surface area contributed by atoms with Crippen LogP contribution in [-0.2, 0) is 4.79 Å². The number of ether oxygens (including phenoxy) is 1. The van der Waals surface area contributed by atoms with Crippen LogP contribution in [0.4, 0.5) is 0 Å². The number of nitrogens with zero attached hydrogens (tertiary/aromatic N) is 2. The Kier molecular flexibility index (Phi) is 5.11. The van der Waals surface area contributed by atoms with E-state index in [0.717, 1.165) is 23.9 Å². The number of thioether (sulfide) groups is 1. The van der Waals surface area contributed by atoms with Crippen molar-refractivity contribution in [3.05, 3.63) is 36.4 Å². The Balaban J connectivity index is 1.29. The van der Waals surface area contributed by atoms with E-state index in [1.165, 1.54) is 25.7 Å². The van der Waals surface area contributed by atoms with Crippen LogP contribution in [0.2, 0.25) is 0 Å². The summed E-state index contributed by atoms with van der Waals surface area (Å²) in [5.74, 6) is 1.53. The molecule has 2 aromatic rings. The van der Waals surface area contributed by atoms with E-state index in [9.17, 15) is 4.79 Å². The number of carbonyl (C=O) groups is 1. The van der Waals surface area contributed by atoms with Crippen molar-refractivity contribution in [2.24, 2.45) is 0 Å². The van der Waals surface area contributed by atoms with Crippen molar-refractivity contribution in [3.8, 4) is 5.88 Å². The van der Waals surface area contributed by atoms with Crippen molar-refractivity contribution in [1.82, 2.24) is 9.88 Å². The van der Waals surface area contributed by atoms with Gasteiger partial charge in [-0.05, 0) is 25.0 Å². The van der Waals surface area contributed by atoms with Crippen molar-refractivity contribution in [3.63, 3.8) is 0 Å². The van der Waals surface area contributed by atoms with Gasteiger partial charge in [0.05, 0.1) is 17.8 Å². The topological polar surface area (TPSA) is 42.4 Å². The molecule has 0 bridgehead atoms. The lowest BCUT2D eigenvalue weighted by atomic mass is 10.2. The van der Waals surface area contributed by atoms with Crippen molar-refractivity contribution in [2.45, 2.75) is 43.5 Å². The van der Waals surface area contributed by atoms with Gasteiger partial charge in [0, 0.05) is 29.7 Å². The number of carbonyl (C=O) groups excluding carboxylic acids is 1. The molecule has 2 heterocycles. The average Bonchev–Trinajstić information content (AvgIpc) is 3.31. The third-order valence-corrected chi connectivity index (χ3v) is 6.46. The van der Waals surface area contributed by atoms with E-state index in [0.29, 0.717) is 23.4 Å². The maximum atomic E-state index is 12.4. The van der Waals surface area contributed by atoms with Crippen LogP contribution >= 0.6 is 11.8 Å². The first-order valence-corrected chi connectivity index (χ1v) is 10.2. The fraction of sp³-hybridized carbons (Fsp3) is 0.500. The zero-order chi connectivity index (χ0) is 17.1. The molecule has 1 saturated carbocycles. The molecule has 2 fully saturated rings. The van der Waals surface area contributed by atoms with Crippen LogP contribution in [0.5, 0.6) is 5.88 Å². The smallest absolute Gasteiger partial charge is 0.232 e. The van der Waals surface area contributed by atoms with Gasteiger partial charge in [0.25, 0.3) is 0 Å². The predicted octanol–water partition coefficient (Wildman–Crippen LogP) is 3.89. The summed E-state index contributed by atoms with van der Waals surface area (Å²) in [5.41, 5.74) is 0.943. The molecule has 1 amide bonds. The number of rotatable bonds is 5. The number of benzene rings is 1. The van der Waals surface area contributed by atoms with Gasteiger partial charge in [0.2, 0.25) is 11.8 Å². The van der Waals surface area contributed by atoms with E-state index in [-0.39, 0.29) is 12.0 Å². The summed E-state index contributed by atoms with van der Waals surface area (Å²) < 4.78 is 6.03. The summed E-state index contributed by atoms with van der Waals surface area (Å²) in [7, 11) is 0. The molecule has 1 aliphatic heterocycles. The molecule has 4 rings (SSSR count). The Bertz CT molecular complexity index is 745. The number of amides is 1. The van der Waals surface area contributed by atoms with Gasteiger partial charge in [-0.1, -0.05) is 31.0 Å². The maximum absolute atomic E-state index is 12.4. The molecular weight excluding hydrogens is 332 g/mol. The lowest BCUT2D eigenvalue weighted by molar-refractivity contribution is -0.127. The minimum Gasteiger partial charge on any atom is -0.472 e. The molecule has 25 heavy (non-hydrogen) atoms. The van der Waals surface area contributed by atoms with Gasteiger partial charge in [-0.15, -0.1) is 11.8 Å². The number of pyridine rings is 1. The first-order valence-electron chi connectivity index (χ1n) is 9.20. The molecule has 1 unspecified atom stereocenters. The molecule has 0 N–H and O–H groups in total. The molecule has 1 aromatic heterocycles. The van der Waals surface area contributed by atoms with E-state index in [1.807, 2.05) is 53.1 Å². The average molecular weight is 356 g/mol. The highest BCUT2D eigenvalue weighted by Gasteiger charge is 2.28. The Morgan fingerprint density at radius 1 is 1.16 bits per heavy atom. The number of fused-ring (bicyclic) bond motifs is 1. The minimum atomic E-state index is 0.0501. The second-order valence-electron chi connectivity index (χ2n) is 6.93. The van der Waals surface area contributed by atoms with Crippen molar-refractivity contribution in [2.75, 3.05) is 18.8 Å². The molecule has 1 saturated heterocycles. The summed E-state index contributed by atoms with van der Waals surface area (Å²) in [6, 6.07) is 12.0. The van der Waals surface area contributed by atoms with Crippen molar-refractivity contribution in [1.29, 1.82) is 0 Å². The Hall–Kier alpha value is -1.75. The summed E-state index contributed by atoms with van der Waals surface area (Å²) in [5, 5.41) is 1.81. The monoisotopic (exact) mass is 356 g/mol. The molecule has 2 aliphatic rings. The number of hydrogen-bond donors (Lipinski definition) is 0.